The van der Waals surface area contributed by atoms with Crippen molar-refractivity contribution in [2.75, 3.05) is 0 Å². The van der Waals surface area contributed by atoms with Gasteiger partial charge in [0.05, 0.1) is 0 Å². The second-order valence-electron chi connectivity index (χ2n) is 9.69. The van der Waals surface area contributed by atoms with Crippen molar-refractivity contribution < 1.29 is 0 Å². The molecule has 0 aliphatic heterocycles. The van der Waals surface area contributed by atoms with Gasteiger partial charge < -0.3 is 0 Å². The van der Waals surface area contributed by atoms with Crippen molar-refractivity contribution in [2.45, 2.75) is 53.4 Å². The zero-order valence-electron chi connectivity index (χ0n) is 18.2. The molecule has 0 aromatic heterocycles. The Morgan fingerprint density at radius 3 is 1.34 bits per heavy atom. The van der Waals surface area contributed by atoms with Crippen LogP contribution in [-0.2, 0) is 0 Å². The standard InChI is InChI=1S/C27H30Cl2/c1-15(2)21-17-11-7-9-13-19(17)23(25(21)28)27(5,6)24-20-14-10-8-12-18(20)22(16(3)4)26(24)29/h7-16,23-24H,1-6H3. The Balaban J connectivity index is 1.92. The van der Waals surface area contributed by atoms with E-state index in [-0.39, 0.29) is 17.3 Å². The molecule has 0 amide bonds. The van der Waals surface area contributed by atoms with E-state index in [1.54, 1.807) is 0 Å². The number of rotatable bonds is 4. The van der Waals surface area contributed by atoms with E-state index in [4.69, 9.17) is 23.2 Å². The topological polar surface area (TPSA) is 0 Å². The van der Waals surface area contributed by atoms with E-state index < -0.39 is 0 Å². The Morgan fingerprint density at radius 2 is 1.00 bits per heavy atom. The lowest BCUT2D eigenvalue weighted by molar-refractivity contribution is 0.285. The van der Waals surface area contributed by atoms with Gasteiger partial charge in [-0.3, -0.25) is 0 Å². The van der Waals surface area contributed by atoms with Gasteiger partial charge >= 0.3 is 0 Å². The summed E-state index contributed by atoms with van der Waals surface area (Å²) >= 11 is 14.3. The minimum absolute atomic E-state index is 0.135. The van der Waals surface area contributed by atoms with Crippen LogP contribution < -0.4 is 0 Å². The Labute approximate surface area is 185 Å². The maximum atomic E-state index is 7.16. The molecule has 0 heterocycles. The molecular weight excluding hydrogens is 395 g/mol. The molecule has 0 radical (unpaired) electrons. The van der Waals surface area contributed by atoms with Gasteiger partial charge in [0.25, 0.3) is 0 Å². The van der Waals surface area contributed by atoms with E-state index in [0.717, 1.165) is 10.1 Å². The summed E-state index contributed by atoms with van der Waals surface area (Å²) in [6, 6.07) is 17.5. The molecule has 2 aliphatic carbocycles. The SMILES string of the molecule is CC(C)C1=C(Cl)C(C(C)(C)C2C(Cl)=C(C(C)C)c3ccccc32)c2ccccc21. The van der Waals surface area contributed by atoms with Gasteiger partial charge in [-0.05, 0) is 50.7 Å². The number of allylic oxidation sites excluding steroid dienone is 4. The predicted molar refractivity (Wildman–Crippen MR) is 127 cm³/mol. The third-order valence-corrected chi connectivity index (χ3v) is 7.63. The smallest absolute Gasteiger partial charge is 0.0302 e. The minimum atomic E-state index is -0.159. The summed E-state index contributed by atoms with van der Waals surface area (Å²) in [4.78, 5) is 0. The van der Waals surface area contributed by atoms with Crippen LogP contribution in [0.1, 0.15) is 75.6 Å². The van der Waals surface area contributed by atoms with Crippen molar-refractivity contribution in [3.8, 4) is 0 Å². The van der Waals surface area contributed by atoms with Crippen molar-refractivity contribution >= 4 is 34.3 Å². The molecule has 0 nitrogen and oxygen atoms in total. The van der Waals surface area contributed by atoms with Crippen molar-refractivity contribution in [3.63, 3.8) is 0 Å². The van der Waals surface area contributed by atoms with Crippen molar-refractivity contribution in [2.24, 2.45) is 17.3 Å². The molecule has 29 heavy (non-hydrogen) atoms. The molecular formula is C27H30Cl2. The highest BCUT2D eigenvalue weighted by molar-refractivity contribution is 6.35. The zero-order chi connectivity index (χ0) is 21.1. The first-order chi connectivity index (χ1) is 13.7. The van der Waals surface area contributed by atoms with Crippen LogP contribution in [0.2, 0.25) is 0 Å². The Bertz CT molecular complexity index is 939. The average molecular weight is 425 g/mol. The molecule has 0 bridgehead atoms. The van der Waals surface area contributed by atoms with Gasteiger partial charge in [-0.15, -0.1) is 0 Å². The van der Waals surface area contributed by atoms with Gasteiger partial charge in [0.1, 0.15) is 0 Å². The van der Waals surface area contributed by atoms with E-state index in [0.29, 0.717) is 11.8 Å². The minimum Gasteiger partial charge on any atom is -0.0881 e. The summed E-state index contributed by atoms with van der Waals surface area (Å²) in [5.74, 6) is 1.04. The molecule has 0 saturated heterocycles. The van der Waals surface area contributed by atoms with Crippen LogP contribution >= 0.6 is 23.2 Å². The van der Waals surface area contributed by atoms with E-state index in [9.17, 15) is 0 Å². The van der Waals surface area contributed by atoms with E-state index >= 15 is 0 Å². The molecule has 2 atom stereocenters. The molecule has 0 N–H and O–H groups in total. The van der Waals surface area contributed by atoms with Crippen LogP contribution in [0.15, 0.2) is 58.6 Å². The number of fused-ring (bicyclic) bond motifs is 2. The van der Waals surface area contributed by atoms with Crippen LogP contribution in [0.3, 0.4) is 0 Å². The fourth-order valence-corrected chi connectivity index (χ4v) is 7.06. The highest BCUT2D eigenvalue weighted by Gasteiger charge is 2.49. The molecule has 0 spiro atoms. The third kappa shape index (κ3) is 3.03. The normalized spacial score (nSPS) is 21.4. The molecule has 2 aromatic carbocycles. The fraction of sp³-hybridized carbons (Fsp3) is 0.407. The summed E-state index contributed by atoms with van der Waals surface area (Å²) in [7, 11) is 0. The lowest BCUT2D eigenvalue weighted by atomic mass is 9.66. The lowest BCUT2D eigenvalue weighted by Gasteiger charge is -2.39. The second kappa shape index (κ2) is 7.33. The average Bonchev–Trinajstić information content (AvgIpc) is 3.12. The van der Waals surface area contributed by atoms with E-state index in [2.05, 4.69) is 90.1 Å². The van der Waals surface area contributed by atoms with Crippen LogP contribution in [0, 0.1) is 17.3 Å². The maximum Gasteiger partial charge on any atom is 0.0302 e. The van der Waals surface area contributed by atoms with Crippen molar-refractivity contribution in [3.05, 3.63) is 80.8 Å². The molecule has 2 heteroatoms. The van der Waals surface area contributed by atoms with E-state index in [1.165, 1.54) is 33.4 Å². The number of halogens is 2. The predicted octanol–water partition coefficient (Wildman–Crippen LogP) is 8.82. The molecule has 2 aliphatic rings. The number of hydrogen-bond donors (Lipinski definition) is 0. The van der Waals surface area contributed by atoms with Crippen LogP contribution in [0.4, 0.5) is 0 Å². The number of hydrogen-bond acceptors (Lipinski definition) is 0. The molecule has 4 rings (SSSR count). The van der Waals surface area contributed by atoms with Gasteiger partial charge in [-0.2, -0.15) is 0 Å². The quantitative estimate of drug-likeness (QED) is 0.459. The van der Waals surface area contributed by atoms with Gasteiger partial charge in [0.15, 0.2) is 0 Å². The largest absolute Gasteiger partial charge is 0.0881 e. The first kappa shape index (κ1) is 20.8. The lowest BCUT2D eigenvalue weighted by Crippen LogP contribution is -2.29. The van der Waals surface area contributed by atoms with Gasteiger partial charge in [0.2, 0.25) is 0 Å². The molecule has 2 unspecified atom stereocenters. The zero-order valence-corrected chi connectivity index (χ0v) is 19.7. The first-order valence-corrected chi connectivity index (χ1v) is 11.4. The Hall–Kier alpha value is -1.50. The van der Waals surface area contributed by atoms with Crippen LogP contribution in [-0.4, -0.2) is 0 Å². The Morgan fingerprint density at radius 1 is 0.655 bits per heavy atom. The van der Waals surface area contributed by atoms with Gasteiger partial charge in [-0.1, -0.05) is 113 Å². The first-order valence-electron chi connectivity index (χ1n) is 10.7. The fourth-order valence-electron chi connectivity index (χ4n) is 5.62. The summed E-state index contributed by atoms with van der Waals surface area (Å²) in [6.07, 6.45) is 0. The van der Waals surface area contributed by atoms with E-state index in [1.807, 2.05) is 0 Å². The highest BCUT2D eigenvalue weighted by atomic mass is 35.5. The summed E-state index contributed by atoms with van der Waals surface area (Å²) < 4.78 is 0. The number of benzene rings is 2. The van der Waals surface area contributed by atoms with Crippen LogP contribution in [0.25, 0.3) is 11.1 Å². The summed E-state index contributed by atoms with van der Waals surface area (Å²) in [5, 5.41) is 1.98. The highest BCUT2D eigenvalue weighted by Crippen LogP contribution is 2.63. The summed E-state index contributed by atoms with van der Waals surface area (Å²) in [5.41, 5.74) is 7.71. The monoisotopic (exact) mass is 424 g/mol. The third-order valence-electron chi connectivity index (χ3n) is 6.79. The molecule has 152 valence electrons. The maximum absolute atomic E-state index is 7.16. The molecule has 0 saturated carbocycles. The van der Waals surface area contributed by atoms with Crippen LogP contribution in [0.5, 0.6) is 0 Å². The van der Waals surface area contributed by atoms with Gasteiger partial charge in [0, 0.05) is 21.9 Å². The van der Waals surface area contributed by atoms with Gasteiger partial charge in [-0.25, -0.2) is 0 Å². The van der Waals surface area contributed by atoms with Crippen molar-refractivity contribution in [1.82, 2.24) is 0 Å². The second-order valence-corrected chi connectivity index (χ2v) is 10.5. The summed E-state index contributed by atoms with van der Waals surface area (Å²) in [6.45, 7) is 13.6. The van der Waals surface area contributed by atoms with Crippen molar-refractivity contribution in [1.29, 1.82) is 0 Å². The molecule has 0 fully saturated rings. The Kier molecular flexibility index (Phi) is 5.24. The molecule has 2 aromatic rings.